The van der Waals surface area contributed by atoms with Gasteiger partial charge in [-0.2, -0.15) is 9.40 Å². The fourth-order valence-corrected chi connectivity index (χ4v) is 0. The molecule has 5 heteroatoms. The predicted octanol–water partition coefficient (Wildman–Crippen LogP) is 0.979. The molecule has 0 N–H and O–H groups in total. The average molecular weight is 349 g/mol. The van der Waals surface area contributed by atoms with E-state index in [1.165, 1.54) is 9.40 Å². The summed E-state index contributed by atoms with van der Waals surface area (Å²) < 4.78 is 2.33. The molecule has 0 aliphatic rings. The van der Waals surface area contributed by atoms with Crippen LogP contribution >= 0.6 is 24.4 Å². The van der Waals surface area contributed by atoms with Gasteiger partial charge in [-0.15, -0.1) is 0 Å². The standard InChI is InChI=1S/2CH2S2.Pt/c2*2-1-3;/h2*1H,(H,2,3);/q;;+2/p-2. The van der Waals surface area contributed by atoms with Crippen molar-refractivity contribution in [1.82, 2.24) is 0 Å². The van der Waals surface area contributed by atoms with E-state index in [0.717, 1.165) is 0 Å². The minimum Gasteiger partial charge on any atom is -0.436 e. The summed E-state index contributed by atoms with van der Waals surface area (Å²) in [7, 11) is 0. The number of rotatable bonds is 0. The molecule has 44 valence electrons. The molecule has 0 nitrogen and oxygen atoms in total. The molecule has 0 fully saturated rings. The Labute approximate surface area is 79.5 Å². The van der Waals surface area contributed by atoms with E-state index in [9.17, 15) is 0 Å². The quantitative estimate of drug-likeness (QED) is 0.472. The van der Waals surface area contributed by atoms with Gasteiger partial charge in [-0.1, -0.05) is 0 Å². The zero-order valence-corrected chi connectivity index (χ0v) is 8.64. The maximum absolute atomic E-state index is 4.08. The zero-order valence-electron chi connectivity index (χ0n) is 3.10. The number of hydrogen-bond donors (Lipinski definition) is 0. The smallest absolute Gasteiger partial charge is 0.436 e. The van der Waals surface area contributed by atoms with Crippen molar-refractivity contribution in [3.63, 3.8) is 0 Å². The Morgan fingerprint density at radius 3 is 1.00 bits per heavy atom. The molecule has 0 spiro atoms. The van der Waals surface area contributed by atoms with Crippen molar-refractivity contribution in [2.75, 3.05) is 0 Å². The van der Waals surface area contributed by atoms with Crippen LogP contribution in [0.1, 0.15) is 0 Å². The van der Waals surface area contributed by atoms with E-state index in [2.05, 4.69) is 49.7 Å². The van der Waals surface area contributed by atoms with Gasteiger partial charge in [-0.25, -0.2) is 0 Å². The van der Waals surface area contributed by atoms with Crippen LogP contribution in [0.4, 0.5) is 0 Å². The molecule has 0 aromatic carbocycles. The number of thiocarbonyl (C=S) groups is 2. The van der Waals surface area contributed by atoms with Crippen LogP contribution in [0.25, 0.3) is 0 Å². The Balaban J connectivity index is -0.0000000400. The summed E-state index contributed by atoms with van der Waals surface area (Å²) in [5.74, 6) is 0. The van der Waals surface area contributed by atoms with Gasteiger partial charge in [0, 0.05) is 0 Å². The first kappa shape index (κ1) is 15.7. The van der Waals surface area contributed by atoms with Gasteiger partial charge in [0.15, 0.2) is 0 Å². The molecule has 7 heavy (non-hydrogen) atoms. The van der Waals surface area contributed by atoms with E-state index in [4.69, 9.17) is 0 Å². The van der Waals surface area contributed by atoms with Crippen LogP contribution < -0.4 is 0 Å². The maximum Gasteiger partial charge on any atom is 2.00 e. The monoisotopic (exact) mass is 349 g/mol. The predicted molar refractivity (Wildman–Crippen MR) is 42.0 cm³/mol. The van der Waals surface area contributed by atoms with E-state index < -0.39 is 0 Å². The third-order valence-corrected chi connectivity index (χ3v) is 0. The maximum atomic E-state index is 4.08. The molecule has 0 bridgehead atoms. The van der Waals surface area contributed by atoms with Crippen molar-refractivity contribution in [1.29, 1.82) is 0 Å². The first-order chi connectivity index (χ1) is 2.83. The van der Waals surface area contributed by atoms with Crippen molar-refractivity contribution in [2.45, 2.75) is 0 Å². The summed E-state index contributed by atoms with van der Waals surface area (Å²) in [6.07, 6.45) is 0. The summed E-state index contributed by atoms with van der Waals surface area (Å²) >= 11 is 16.3. The molecule has 0 saturated carbocycles. The van der Waals surface area contributed by atoms with Gasteiger partial charge in [-0.3, -0.25) is 0 Å². The second-order valence-corrected chi connectivity index (χ2v) is 1.73. The summed E-state index contributed by atoms with van der Waals surface area (Å²) in [4.78, 5) is 0. The molecule has 0 rings (SSSR count). The van der Waals surface area contributed by atoms with Crippen LogP contribution in [0.3, 0.4) is 0 Å². The second-order valence-electron chi connectivity index (χ2n) is 0.192. The summed E-state index contributed by atoms with van der Waals surface area (Å²) in [6.45, 7) is 0. The molecule has 0 atom stereocenters. The van der Waals surface area contributed by atoms with E-state index in [-0.39, 0.29) is 21.1 Å². The van der Waals surface area contributed by atoms with Gasteiger partial charge < -0.3 is 49.7 Å². The van der Waals surface area contributed by atoms with Gasteiger partial charge in [0.1, 0.15) is 0 Å². The summed E-state index contributed by atoms with van der Waals surface area (Å²) in [6, 6.07) is 0. The van der Waals surface area contributed by atoms with Crippen LogP contribution in [-0.4, -0.2) is 9.40 Å². The Bertz CT molecular complexity index is 30.7. The van der Waals surface area contributed by atoms with E-state index in [1.54, 1.807) is 0 Å². The minimum atomic E-state index is 0. The molecule has 0 aromatic rings. The molecule has 0 aliphatic heterocycles. The van der Waals surface area contributed by atoms with Crippen LogP contribution in [0, 0.1) is 0 Å². The Morgan fingerprint density at radius 2 is 1.00 bits per heavy atom. The van der Waals surface area contributed by atoms with Crippen molar-refractivity contribution >= 4 is 59.1 Å². The Kier molecular flexibility index (Phi) is 59.8. The Hall–Kier alpha value is 1.31. The van der Waals surface area contributed by atoms with E-state index in [0.29, 0.717) is 0 Å². The van der Waals surface area contributed by atoms with Crippen molar-refractivity contribution in [3.8, 4) is 0 Å². The van der Waals surface area contributed by atoms with Crippen LogP contribution in [0.15, 0.2) is 0 Å². The molecule has 0 amide bonds. The van der Waals surface area contributed by atoms with Crippen LogP contribution in [0.2, 0.25) is 0 Å². The molecule has 0 heterocycles. The molecular formula is C2H2PtS4. The third kappa shape index (κ3) is 120. The first-order valence-electron chi connectivity index (χ1n) is 0.943. The number of hydrogen-bond acceptors (Lipinski definition) is 4. The van der Waals surface area contributed by atoms with Crippen molar-refractivity contribution < 1.29 is 21.1 Å². The molecule has 0 unspecified atom stereocenters. The molecular weight excluding hydrogens is 347 g/mol. The van der Waals surface area contributed by atoms with Gasteiger partial charge in [0.05, 0.1) is 0 Å². The van der Waals surface area contributed by atoms with Gasteiger partial charge in [0.25, 0.3) is 0 Å². The van der Waals surface area contributed by atoms with Crippen molar-refractivity contribution in [2.24, 2.45) is 0 Å². The first-order valence-corrected chi connectivity index (χ1v) is 2.83. The van der Waals surface area contributed by atoms with Gasteiger partial charge >= 0.3 is 21.1 Å². The van der Waals surface area contributed by atoms with E-state index in [1.807, 2.05) is 0 Å². The molecule has 0 radical (unpaired) electrons. The average Bonchev–Trinajstić information content (AvgIpc) is 1.39. The van der Waals surface area contributed by atoms with Crippen LogP contribution in [0.5, 0.6) is 0 Å². The van der Waals surface area contributed by atoms with Crippen molar-refractivity contribution in [3.05, 3.63) is 0 Å². The third-order valence-electron chi connectivity index (χ3n) is 0. The molecule has 0 aliphatic carbocycles. The summed E-state index contributed by atoms with van der Waals surface area (Å²) in [5.41, 5.74) is 0. The Morgan fingerprint density at radius 1 is 1.00 bits per heavy atom. The summed E-state index contributed by atoms with van der Waals surface area (Å²) in [5, 5.41) is 0. The normalized spacial score (nSPS) is 3.43. The fourth-order valence-electron chi connectivity index (χ4n) is 0. The largest absolute Gasteiger partial charge is 2.00 e. The zero-order chi connectivity index (χ0) is 5.41. The van der Waals surface area contributed by atoms with Gasteiger partial charge in [-0.05, 0) is 0 Å². The fraction of sp³-hybridized carbons (Fsp3) is 0. The second kappa shape index (κ2) is 26.6. The SMILES string of the molecule is S=C[S-].S=C[S-].[Pt+2]. The molecule has 0 aromatic heterocycles. The van der Waals surface area contributed by atoms with E-state index >= 15 is 0 Å². The minimum absolute atomic E-state index is 0. The molecule has 0 saturated heterocycles. The van der Waals surface area contributed by atoms with Gasteiger partial charge in [0.2, 0.25) is 0 Å². The van der Waals surface area contributed by atoms with Crippen LogP contribution in [-0.2, 0) is 46.3 Å². The topological polar surface area (TPSA) is 0 Å².